The minimum atomic E-state index is 0.868. The first-order chi connectivity index (χ1) is 3.87. The zero-order valence-corrected chi connectivity index (χ0v) is 5.04. The lowest BCUT2D eigenvalue weighted by atomic mass is 9.96. The van der Waals surface area contributed by atoms with Crippen LogP contribution in [0.4, 0.5) is 0 Å². The van der Waals surface area contributed by atoms with Gasteiger partial charge in [0.05, 0.1) is 0 Å². The van der Waals surface area contributed by atoms with Crippen LogP contribution in [0.3, 0.4) is 0 Å². The largest absolute Gasteiger partial charge is 0.315 e. The molecular formula is C7H11N. The van der Waals surface area contributed by atoms with Gasteiger partial charge in [0.2, 0.25) is 0 Å². The minimum absolute atomic E-state index is 0.868. The zero-order valence-electron chi connectivity index (χ0n) is 5.04. The van der Waals surface area contributed by atoms with Crippen LogP contribution in [0.15, 0.2) is 0 Å². The molecule has 0 amide bonds. The van der Waals surface area contributed by atoms with Crippen molar-refractivity contribution in [2.75, 3.05) is 13.1 Å². The van der Waals surface area contributed by atoms with Crippen LogP contribution in [-0.2, 0) is 0 Å². The predicted octanol–water partition coefficient (Wildman–Crippen LogP) is 0.760. The van der Waals surface area contributed by atoms with Crippen molar-refractivity contribution in [3.8, 4) is 0 Å². The van der Waals surface area contributed by atoms with Crippen LogP contribution >= 0.6 is 0 Å². The first kappa shape index (κ1) is 3.89. The maximum absolute atomic E-state index is 3.36. The summed E-state index contributed by atoms with van der Waals surface area (Å²) >= 11 is 0. The Morgan fingerprint density at radius 3 is 1.88 bits per heavy atom. The molecule has 1 nitrogen and oxygen atoms in total. The van der Waals surface area contributed by atoms with Crippen molar-refractivity contribution in [1.82, 2.24) is 5.32 Å². The van der Waals surface area contributed by atoms with Gasteiger partial charge >= 0.3 is 0 Å². The Morgan fingerprint density at radius 1 is 1.00 bits per heavy atom. The van der Waals surface area contributed by atoms with Crippen molar-refractivity contribution in [1.29, 1.82) is 0 Å². The highest BCUT2D eigenvalue weighted by molar-refractivity contribution is 5.27. The number of hydrogen-bond acceptors (Lipinski definition) is 1. The molecule has 0 bridgehead atoms. The molecule has 3 fully saturated rings. The van der Waals surface area contributed by atoms with E-state index in [-0.39, 0.29) is 0 Å². The van der Waals surface area contributed by atoms with Crippen molar-refractivity contribution in [3.63, 3.8) is 0 Å². The molecule has 1 heteroatoms. The molecule has 1 aliphatic heterocycles. The van der Waals surface area contributed by atoms with Crippen molar-refractivity contribution < 1.29 is 0 Å². The number of fused-ring (bicyclic) bond motifs is 1. The van der Waals surface area contributed by atoms with Gasteiger partial charge in [-0.25, -0.2) is 0 Å². The number of rotatable bonds is 0. The second-order valence-corrected chi connectivity index (χ2v) is 3.84. The summed E-state index contributed by atoms with van der Waals surface area (Å²) in [5, 5.41) is 3.36. The van der Waals surface area contributed by atoms with Crippen LogP contribution in [0.1, 0.15) is 19.3 Å². The lowest BCUT2D eigenvalue weighted by molar-refractivity contribution is 0.285. The molecule has 0 aromatic rings. The summed E-state index contributed by atoms with van der Waals surface area (Å²) in [5.74, 6) is 0. The summed E-state index contributed by atoms with van der Waals surface area (Å²) in [7, 11) is 0. The van der Waals surface area contributed by atoms with Gasteiger partial charge in [0, 0.05) is 18.5 Å². The molecule has 3 aliphatic rings. The normalized spacial score (nSPS) is 42.0. The number of hydrogen-bond donors (Lipinski definition) is 1. The topological polar surface area (TPSA) is 12.0 Å². The fourth-order valence-electron chi connectivity index (χ4n) is 2.39. The molecule has 0 radical (unpaired) electrons. The van der Waals surface area contributed by atoms with Crippen molar-refractivity contribution in [3.05, 3.63) is 0 Å². The molecule has 8 heavy (non-hydrogen) atoms. The Labute approximate surface area is 49.5 Å². The van der Waals surface area contributed by atoms with E-state index in [9.17, 15) is 0 Å². The average Bonchev–Trinajstić information content (AvgIpc) is 2.45. The quantitative estimate of drug-likeness (QED) is 0.484. The maximum atomic E-state index is 3.36. The van der Waals surface area contributed by atoms with Gasteiger partial charge in [-0.3, -0.25) is 0 Å². The van der Waals surface area contributed by atoms with E-state index in [1.54, 1.807) is 19.3 Å². The molecule has 0 atom stereocenters. The van der Waals surface area contributed by atoms with E-state index in [1.165, 1.54) is 13.1 Å². The van der Waals surface area contributed by atoms with Gasteiger partial charge in [-0.1, -0.05) is 0 Å². The Hall–Kier alpha value is -0.0400. The van der Waals surface area contributed by atoms with Gasteiger partial charge in [0.25, 0.3) is 0 Å². The Kier molecular flexibility index (Phi) is 0.372. The van der Waals surface area contributed by atoms with Crippen LogP contribution in [0.2, 0.25) is 0 Å². The third-order valence-electron chi connectivity index (χ3n) is 3.46. The molecule has 2 saturated carbocycles. The fourth-order valence-corrected chi connectivity index (χ4v) is 2.39. The Bertz CT molecular complexity index is 142. The van der Waals surface area contributed by atoms with E-state index in [0.29, 0.717) is 0 Å². The van der Waals surface area contributed by atoms with E-state index in [2.05, 4.69) is 5.32 Å². The fraction of sp³-hybridized carbons (Fsp3) is 1.00. The smallest absolute Gasteiger partial charge is 0.00258 e. The van der Waals surface area contributed by atoms with Crippen molar-refractivity contribution >= 4 is 0 Å². The molecule has 1 saturated heterocycles. The summed E-state index contributed by atoms with van der Waals surface area (Å²) in [6.45, 7) is 2.68. The second kappa shape index (κ2) is 0.766. The molecule has 1 heterocycles. The second-order valence-electron chi connectivity index (χ2n) is 3.84. The molecule has 44 valence electrons. The van der Waals surface area contributed by atoms with Crippen molar-refractivity contribution in [2.45, 2.75) is 19.3 Å². The lowest BCUT2D eigenvalue weighted by Gasteiger charge is -2.28. The highest BCUT2D eigenvalue weighted by atomic mass is 15.1. The molecule has 0 unspecified atom stereocenters. The molecule has 3 rings (SSSR count). The van der Waals surface area contributed by atoms with Gasteiger partial charge in [-0.05, 0) is 24.7 Å². The first-order valence-corrected chi connectivity index (χ1v) is 3.58. The SMILES string of the molecule is C1CC12CC21CNC1. The molecule has 2 spiro atoms. The Balaban J connectivity index is 1.94. The van der Waals surface area contributed by atoms with E-state index in [1.807, 2.05) is 0 Å². The molecule has 2 aliphatic carbocycles. The van der Waals surface area contributed by atoms with Gasteiger partial charge in [-0.2, -0.15) is 0 Å². The highest BCUT2D eigenvalue weighted by Gasteiger charge is 2.75. The third-order valence-corrected chi connectivity index (χ3v) is 3.46. The summed E-state index contributed by atoms with van der Waals surface area (Å²) in [4.78, 5) is 0. The van der Waals surface area contributed by atoms with Crippen LogP contribution in [-0.4, -0.2) is 13.1 Å². The van der Waals surface area contributed by atoms with E-state index in [0.717, 1.165) is 10.8 Å². The minimum Gasteiger partial charge on any atom is -0.315 e. The first-order valence-electron chi connectivity index (χ1n) is 3.58. The van der Waals surface area contributed by atoms with Gasteiger partial charge < -0.3 is 5.32 Å². The summed E-state index contributed by atoms with van der Waals surface area (Å²) < 4.78 is 0. The summed E-state index contributed by atoms with van der Waals surface area (Å²) in [6, 6.07) is 0. The third kappa shape index (κ3) is 0.218. The van der Waals surface area contributed by atoms with Gasteiger partial charge in [-0.15, -0.1) is 0 Å². The molecular weight excluding hydrogens is 98.1 g/mol. The van der Waals surface area contributed by atoms with E-state index in [4.69, 9.17) is 0 Å². The zero-order chi connectivity index (χ0) is 5.24. The van der Waals surface area contributed by atoms with Gasteiger partial charge in [0.15, 0.2) is 0 Å². The lowest BCUT2D eigenvalue weighted by Crippen LogP contribution is -2.45. The predicted molar refractivity (Wildman–Crippen MR) is 31.6 cm³/mol. The van der Waals surface area contributed by atoms with E-state index >= 15 is 0 Å². The van der Waals surface area contributed by atoms with Crippen LogP contribution < -0.4 is 5.32 Å². The number of nitrogens with one attached hydrogen (secondary N) is 1. The van der Waals surface area contributed by atoms with Gasteiger partial charge in [0.1, 0.15) is 0 Å². The standard InChI is InChI=1S/C7H11N/c1-2-6(1)3-7(6)4-8-5-7/h8H,1-5H2. The Morgan fingerprint density at radius 2 is 1.75 bits per heavy atom. The van der Waals surface area contributed by atoms with Crippen LogP contribution in [0, 0.1) is 10.8 Å². The van der Waals surface area contributed by atoms with Crippen LogP contribution in [0.25, 0.3) is 0 Å². The molecule has 0 aromatic carbocycles. The van der Waals surface area contributed by atoms with E-state index < -0.39 is 0 Å². The average molecular weight is 109 g/mol. The molecule has 1 N–H and O–H groups in total. The van der Waals surface area contributed by atoms with Crippen molar-refractivity contribution in [2.24, 2.45) is 10.8 Å². The maximum Gasteiger partial charge on any atom is 0.00258 e. The summed E-state index contributed by atoms with van der Waals surface area (Å²) in [6.07, 6.45) is 4.66. The molecule has 0 aromatic heterocycles. The monoisotopic (exact) mass is 109 g/mol. The van der Waals surface area contributed by atoms with Crippen LogP contribution in [0.5, 0.6) is 0 Å². The highest BCUT2D eigenvalue weighted by Crippen LogP contribution is 2.79. The summed E-state index contributed by atoms with van der Waals surface area (Å²) in [5.41, 5.74) is 1.80.